The Labute approximate surface area is 90.5 Å². The van der Waals surface area contributed by atoms with Gasteiger partial charge in [0.2, 0.25) is 5.91 Å². The molecule has 0 radical (unpaired) electrons. The fraction of sp³-hybridized carbons (Fsp3) is 0.417. The zero-order valence-electron chi connectivity index (χ0n) is 9.50. The Kier molecular flexibility index (Phi) is 3.03. The van der Waals surface area contributed by atoms with Gasteiger partial charge in [0, 0.05) is 5.69 Å². The van der Waals surface area contributed by atoms with E-state index >= 15 is 0 Å². The minimum atomic E-state index is -0.328. The highest BCUT2D eigenvalue weighted by Crippen LogP contribution is 2.27. The Hall–Kier alpha value is -1.51. The summed E-state index contributed by atoms with van der Waals surface area (Å²) in [4.78, 5) is 10.9. The molecular weight excluding hydrogens is 188 g/mol. The van der Waals surface area contributed by atoms with Crippen molar-refractivity contribution >= 4 is 11.6 Å². The van der Waals surface area contributed by atoms with Crippen molar-refractivity contribution in [2.75, 3.05) is 5.73 Å². The Balaban J connectivity index is 3.20. The molecule has 1 aromatic carbocycles. The number of carbonyl (C=O) groups excluding carboxylic acids is 1. The molecule has 0 atom stereocenters. The summed E-state index contributed by atoms with van der Waals surface area (Å²) in [6.45, 7) is 6.30. The monoisotopic (exact) mass is 206 g/mol. The molecule has 82 valence electrons. The van der Waals surface area contributed by atoms with Gasteiger partial charge in [-0.2, -0.15) is 0 Å². The Morgan fingerprint density at radius 2 is 1.93 bits per heavy atom. The first-order valence-corrected chi connectivity index (χ1v) is 4.98. The van der Waals surface area contributed by atoms with Gasteiger partial charge in [-0.25, -0.2) is 0 Å². The van der Waals surface area contributed by atoms with Gasteiger partial charge in [0.25, 0.3) is 0 Å². The highest BCUT2D eigenvalue weighted by molar-refractivity contribution is 5.77. The van der Waals surface area contributed by atoms with Crippen molar-refractivity contribution in [3.05, 3.63) is 29.3 Å². The highest BCUT2D eigenvalue weighted by Gasteiger charge is 2.18. The third-order valence-electron chi connectivity index (χ3n) is 2.30. The van der Waals surface area contributed by atoms with Gasteiger partial charge in [-0.1, -0.05) is 26.8 Å². The molecule has 15 heavy (non-hydrogen) atoms. The van der Waals surface area contributed by atoms with E-state index in [1.54, 1.807) is 0 Å². The third-order valence-corrected chi connectivity index (χ3v) is 2.30. The summed E-state index contributed by atoms with van der Waals surface area (Å²) >= 11 is 0. The van der Waals surface area contributed by atoms with Crippen molar-refractivity contribution in [3.63, 3.8) is 0 Å². The molecule has 0 fully saturated rings. The number of benzene rings is 1. The maximum Gasteiger partial charge on any atom is 0.221 e. The van der Waals surface area contributed by atoms with Crippen LogP contribution in [0.15, 0.2) is 18.2 Å². The standard InChI is InChI=1S/C12H18N2O/c1-12(2,3)10-5-4-9(13)6-8(10)7-11(14)15/h4-6H,7,13H2,1-3H3,(H2,14,15). The number of hydrogen-bond acceptors (Lipinski definition) is 2. The van der Waals surface area contributed by atoms with Gasteiger partial charge in [-0.05, 0) is 28.7 Å². The molecule has 0 heterocycles. The molecule has 0 unspecified atom stereocenters. The predicted molar refractivity (Wildman–Crippen MR) is 62.5 cm³/mol. The lowest BCUT2D eigenvalue weighted by Crippen LogP contribution is -2.20. The number of nitrogens with two attached hydrogens (primary N) is 2. The van der Waals surface area contributed by atoms with E-state index in [4.69, 9.17) is 11.5 Å². The summed E-state index contributed by atoms with van der Waals surface area (Å²) in [6, 6.07) is 5.64. The van der Waals surface area contributed by atoms with E-state index < -0.39 is 0 Å². The van der Waals surface area contributed by atoms with Crippen LogP contribution in [-0.2, 0) is 16.6 Å². The van der Waals surface area contributed by atoms with Crippen LogP contribution in [0, 0.1) is 0 Å². The lowest BCUT2D eigenvalue weighted by Gasteiger charge is -2.22. The largest absolute Gasteiger partial charge is 0.399 e. The molecular formula is C12H18N2O. The van der Waals surface area contributed by atoms with Gasteiger partial charge in [0.1, 0.15) is 0 Å². The number of hydrogen-bond donors (Lipinski definition) is 2. The average molecular weight is 206 g/mol. The van der Waals surface area contributed by atoms with E-state index in [0.717, 1.165) is 11.1 Å². The number of anilines is 1. The maximum atomic E-state index is 10.9. The van der Waals surface area contributed by atoms with Gasteiger partial charge < -0.3 is 11.5 Å². The van der Waals surface area contributed by atoms with E-state index in [-0.39, 0.29) is 17.7 Å². The number of rotatable bonds is 2. The van der Waals surface area contributed by atoms with Crippen molar-refractivity contribution in [1.82, 2.24) is 0 Å². The normalized spacial score (nSPS) is 11.4. The molecule has 3 nitrogen and oxygen atoms in total. The Bertz CT molecular complexity index is 378. The minimum absolute atomic E-state index is 0.00150. The number of primary amides is 1. The summed E-state index contributed by atoms with van der Waals surface area (Å²) in [5, 5.41) is 0. The lowest BCUT2D eigenvalue weighted by atomic mass is 9.82. The third kappa shape index (κ3) is 2.98. The second-order valence-electron chi connectivity index (χ2n) is 4.81. The molecule has 0 aliphatic heterocycles. The quantitative estimate of drug-likeness (QED) is 0.721. The van der Waals surface area contributed by atoms with E-state index in [0.29, 0.717) is 5.69 Å². The molecule has 0 aliphatic carbocycles. The molecule has 1 amide bonds. The Morgan fingerprint density at radius 1 is 1.33 bits per heavy atom. The topological polar surface area (TPSA) is 69.1 Å². The van der Waals surface area contributed by atoms with E-state index in [1.165, 1.54) is 0 Å². The van der Waals surface area contributed by atoms with Crippen LogP contribution in [0.3, 0.4) is 0 Å². The Morgan fingerprint density at radius 3 is 2.40 bits per heavy atom. The van der Waals surface area contributed by atoms with Gasteiger partial charge >= 0.3 is 0 Å². The molecule has 1 aromatic rings. The smallest absolute Gasteiger partial charge is 0.221 e. The van der Waals surface area contributed by atoms with Crippen LogP contribution in [0.4, 0.5) is 5.69 Å². The molecule has 0 spiro atoms. The first kappa shape index (κ1) is 11.6. The molecule has 0 saturated carbocycles. The number of amides is 1. The van der Waals surface area contributed by atoms with E-state index in [2.05, 4.69) is 20.8 Å². The molecule has 4 N–H and O–H groups in total. The number of nitrogen functional groups attached to an aromatic ring is 1. The molecule has 1 rings (SSSR count). The maximum absolute atomic E-state index is 10.9. The molecule has 0 bridgehead atoms. The van der Waals surface area contributed by atoms with Crippen molar-refractivity contribution in [3.8, 4) is 0 Å². The summed E-state index contributed by atoms with van der Waals surface area (Å²) in [5.74, 6) is -0.328. The fourth-order valence-corrected chi connectivity index (χ4v) is 1.68. The van der Waals surface area contributed by atoms with E-state index in [1.807, 2.05) is 18.2 Å². The average Bonchev–Trinajstić information content (AvgIpc) is 1.99. The first-order valence-electron chi connectivity index (χ1n) is 4.98. The van der Waals surface area contributed by atoms with Crippen molar-refractivity contribution in [2.24, 2.45) is 5.73 Å². The van der Waals surface area contributed by atoms with Crippen molar-refractivity contribution in [2.45, 2.75) is 32.6 Å². The molecule has 0 aliphatic rings. The predicted octanol–water partition coefficient (Wildman–Crippen LogP) is 1.59. The molecule has 0 aromatic heterocycles. The summed E-state index contributed by atoms with van der Waals surface area (Å²) in [5.41, 5.74) is 13.6. The van der Waals surface area contributed by atoms with Crippen LogP contribution < -0.4 is 11.5 Å². The fourth-order valence-electron chi connectivity index (χ4n) is 1.68. The van der Waals surface area contributed by atoms with Crippen LogP contribution in [0.5, 0.6) is 0 Å². The van der Waals surface area contributed by atoms with Gasteiger partial charge in [0.05, 0.1) is 6.42 Å². The number of carbonyl (C=O) groups is 1. The van der Waals surface area contributed by atoms with Crippen LogP contribution in [0.2, 0.25) is 0 Å². The van der Waals surface area contributed by atoms with Crippen LogP contribution in [0.1, 0.15) is 31.9 Å². The first-order chi connectivity index (χ1) is 6.80. The van der Waals surface area contributed by atoms with Gasteiger partial charge in [0.15, 0.2) is 0 Å². The summed E-state index contributed by atoms with van der Waals surface area (Å²) < 4.78 is 0. The molecule has 0 saturated heterocycles. The second-order valence-corrected chi connectivity index (χ2v) is 4.81. The van der Waals surface area contributed by atoms with Gasteiger partial charge in [-0.15, -0.1) is 0 Å². The van der Waals surface area contributed by atoms with Crippen LogP contribution in [0.25, 0.3) is 0 Å². The zero-order valence-corrected chi connectivity index (χ0v) is 9.50. The highest BCUT2D eigenvalue weighted by atomic mass is 16.1. The zero-order chi connectivity index (χ0) is 11.6. The minimum Gasteiger partial charge on any atom is -0.399 e. The van der Waals surface area contributed by atoms with Crippen molar-refractivity contribution in [1.29, 1.82) is 0 Å². The second kappa shape index (κ2) is 3.93. The summed E-state index contributed by atoms with van der Waals surface area (Å²) in [7, 11) is 0. The lowest BCUT2D eigenvalue weighted by molar-refractivity contribution is -0.117. The summed E-state index contributed by atoms with van der Waals surface area (Å²) in [6.07, 6.45) is 0.248. The van der Waals surface area contributed by atoms with Gasteiger partial charge in [-0.3, -0.25) is 4.79 Å². The van der Waals surface area contributed by atoms with Crippen LogP contribution >= 0.6 is 0 Å². The SMILES string of the molecule is CC(C)(C)c1ccc(N)cc1CC(N)=O. The molecule has 3 heteroatoms. The van der Waals surface area contributed by atoms with Crippen LogP contribution in [-0.4, -0.2) is 5.91 Å². The van der Waals surface area contributed by atoms with Crippen molar-refractivity contribution < 1.29 is 4.79 Å². The van der Waals surface area contributed by atoms with E-state index in [9.17, 15) is 4.79 Å².